The van der Waals surface area contributed by atoms with Gasteiger partial charge in [0.1, 0.15) is 5.75 Å². The number of ether oxygens (including phenoxy) is 2. The number of amides is 1. The molecule has 12 nitrogen and oxygen atoms in total. The van der Waals surface area contributed by atoms with Crippen molar-refractivity contribution in [1.29, 1.82) is 0 Å². The number of rotatable bonds is 7. The lowest BCUT2D eigenvalue weighted by molar-refractivity contribution is -0.119. The molecule has 1 N–H and O–H groups in total. The quantitative estimate of drug-likeness (QED) is 0.488. The van der Waals surface area contributed by atoms with Crippen molar-refractivity contribution in [2.24, 2.45) is 0 Å². The number of nitrogens with one attached hydrogen (secondary N) is 1. The zero-order chi connectivity index (χ0) is 24.3. The van der Waals surface area contributed by atoms with Gasteiger partial charge < -0.3 is 14.8 Å². The third kappa shape index (κ3) is 4.84. The number of anilines is 1. The van der Waals surface area contributed by atoms with Crippen molar-refractivity contribution in [3.05, 3.63) is 42.0 Å². The lowest BCUT2D eigenvalue weighted by Crippen LogP contribution is -2.35. The molecule has 3 heterocycles. The zero-order valence-electron chi connectivity index (χ0n) is 18.7. The minimum Gasteiger partial charge on any atom is -0.495 e. The van der Waals surface area contributed by atoms with Gasteiger partial charge in [-0.3, -0.25) is 4.79 Å². The molecular weight excluding hydrogens is 464 g/mol. The largest absolute Gasteiger partial charge is 0.495 e. The number of hydrogen-bond acceptors (Lipinski definition) is 9. The summed E-state index contributed by atoms with van der Waals surface area (Å²) in [5.41, 5.74) is 0.869. The predicted molar refractivity (Wildman–Crippen MR) is 120 cm³/mol. The highest BCUT2D eigenvalue weighted by atomic mass is 32.2. The van der Waals surface area contributed by atoms with Crippen molar-refractivity contribution >= 4 is 33.4 Å². The van der Waals surface area contributed by atoms with Crippen LogP contribution in [0.25, 0.3) is 5.78 Å². The summed E-state index contributed by atoms with van der Waals surface area (Å²) in [5, 5.41) is 6.57. The van der Waals surface area contributed by atoms with E-state index < -0.39 is 28.5 Å². The van der Waals surface area contributed by atoms with Crippen LogP contribution in [-0.2, 0) is 19.6 Å². The van der Waals surface area contributed by atoms with Gasteiger partial charge in [0.25, 0.3) is 17.5 Å². The molecule has 0 atom stereocenters. The maximum atomic E-state index is 13.0. The van der Waals surface area contributed by atoms with Gasteiger partial charge in [-0.15, -0.1) is 5.10 Å². The van der Waals surface area contributed by atoms with Crippen LogP contribution in [0.5, 0.6) is 5.75 Å². The number of esters is 1. The highest BCUT2D eigenvalue weighted by Gasteiger charge is 2.27. The van der Waals surface area contributed by atoms with Crippen LogP contribution in [0.15, 0.2) is 35.4 Å². The number of sulfonamides is 1. The molecule has 0 saturated carbocycles. The zero-order valence-corrected chi connectivity index (χ0v) is 19.5. The molecule has 0 aliphatic carbocycles. The van der Waals surface area contributed by atoms with Crippen LogP contribution in [0, 0.1) is 6.92 Å². The molecule has 0 unspecified atom stereocenters. The summed E-state index contributed by atoms with van der Waals surface area (Å²) in [6.07, 6.45) is 4.15. The fourth-order valence-electron chi connectivity index (χ4n) is 3.57. The minimum atomic E-state index is -3.71. The highest BCUT2D eigenvalue weighted by molar-refractivity contribution is 7.89. The molecule has 1 aliphatic rings. The molecule has 1 amide bonds. The summed E-state index contributed by atoms with van der Waals surface area (Å²) in [5.74, 6) is -1.32. The lowest BCUT2D eigenvalue weighted by atomic mass is 10.2. The summed E-state index contributed by atoms with van der Waals surface area (Å²) in [6.45, 7) is 2.06. The van der Waals surface area contributed by atoms with Crippen molar-refractivity contribution in [2.75, 3.05) is 32.1 Å². The first kappa shape index (κ1) is 23.6. The van der Waals surface area contributed by atoms with E-state index in [1.807, 2.05) is 0 Å². The number of benzene rings is 1. The topological polar surface area (TPSA) is 145 Å². The van der Waals surface area contributed by atoms with Crippen LogP contribution in [-0.4, -0.2) is 71.0 Å². The van der Waals surface area contributed by atoms with E-state index in [4.69, 9.17) is 9.47 Å². The van der Waals surface area contributed by atoms with E-state index >= 15 is 0 Å². The summed E-state index contributed by atoms with van der Waals surface area (Å²) < 4.78 is 39.0. The number of aromatic nitrogens is 4. The van der Waals surface area contributed by atoms with Crippen LogP contribution in [0.4, 0.5) is 5.69 Å². The van der Waals surface area contributed by atoms with E-state index in [1.165, 1.54) is 40.3 Å². The average molecular weight is 489 g/mol. The Morgan fingerprint density at radius 1 is 1.15 bits per heavy atom. The Morgan fingerprint density at radius 3 is 2.62 bits per heavy atom. The Kier molecular flexibility index (Phi) is 6.75. The monoisotopic (exact) mass is 488 g/mol. The fourth-order valence-corrected chi connectivity index (χ4v) is 5.12. The van der Waals surface area contributed by atoms with Crippen molar-refractivity contribution in [2.45, 2.75) is 31.1 Å². The first-order valence-electron chi connectivity index (χ1n) is 10.6. The molecule has 180 valence electrons. The molecule has 1 aliphatic heterocycles. The van der Waals surface area contributed by atoms with E-state index in [9.17, 15) is 18.0 Å². The fraction of sp³-hybridized carbons (Fsp3) is 0.381. The summed E-state index contributed by atoms with van der Waals surface area (Å²) in [7, 11) is -2.31. The third-order valence-corrected chi connectivity index (χ3v) is 7.24. The number of hydrogen-bond donors (Lipinski definition) is 1. The van der Waals surface area contributed by atoms with Crippen LogP contribution in [0.2, 0.25) is 0 Å². The average Bonchev–Trinajstić information content (AvgIpc) is 3.29. The van der Waals surface area contributed by atoms with Crippen LogP contribution in [0.3, 0.4) is 0 Å². The van der Waals surface area contributed by atoms with Gasteiger partial charge in [-0.05, 0) is 44.0 Å². The molecule has 1 saturated heterocycles. The molecule has 4 rings (SSSR count). The number of nitrogens with zero attached hydrogens (tertiary/aromatic N) is 5. The van der Waals surface area contributed by atoms with Gasteiger partial charge in [-0.25, -0.2) is 22.7 Å². The highest BCUT2D eigenvalue weighted by Crippen LogP contribution is 2.30. The minimum absolute atomic E-state index is 0.0410. The number of methoxy groups -OCH3 is 1. The van der Waals surface area contributed by atoms with E-state index in [0.29, 0.717) is 13.1 Å². The van der Waals surface area contributed by atoms with Gasteiger partial charge in [-0.2, -0.15) is 9.29 Å². The summed E-state index contributed by atoms with van der Waals surface area (Å²) >= 11 is 0. The molecule has 1 aromatic carbocycles. The number of aryl methyl sites for hydroxylation is 1. The SMILES string of the molecule is COc1ccc(S(=O)(=O)N2CCCCC2)cc1NC(=O)COC(=O)c1nc2nccc(C)n2n1. The van der Waals surface area contributed by atoms with Crippen LogP contribution in [0.1, 0.15) is 35.6 Å². The maximum Gasteiger partial charge on any atom is 0.378 e. The van der Waals surface area contributed by atoms with Crippen molar-refractivity contribution < 1.29 is 27.5 Å². The Bertz CT molecular complexity index is 1330. The van der Waals surface area contributed by atoms with Crippen molar-refractivity contribution in [3.8, 4) is 5.75 Å². The van der Waals surface area contributed by atoms with Gasteiger partial charge in [0.05, 0.1) is 17.7 Å². The molecule has 2 aromatic heterocycles. The number of fused-ring (bicyclic) bond motifs is 1. The van der Waals surface area contributed by atoms with Crippen molar-refractivity contribution in [3.63, 3.8) is 0 Å². The third-order valence-electron chi connectivity index (χ3n) is 5.34. The second kappa shape index (κ2) is 9.73. The number of carbonyl (C=O) groups is 2. The molecule has 13 heteroatoms. The second-order valence-corrected chi connectivity index (χ2v) is 9.62. The van der Waals surface area contributed by atoms with E-state index in [2.05, 4.69) is 20.4 Å². The van der Waals surface area contributed by atoms with Crippen LogP contribution >= 0.6 is 0 Å². The molecule has 1 fully saturated rings. The number of piperidine rings is 1. The van der Waals surface area contributed by atoms with Gasteiger partial charge in [0.15, 0.2) is 6.61 Å². The van der Waals surface area contributed by atoms with E-state index in [1.54, 1.807) is 13.0 Å². The molecule has 0 radical (unpaired) electrons. The molecule has 0 bridgehead atoms. The maximum absolute atomic E-state index is 13.0. The normalized spacial score (nSPS) is 14.6. The molecule has 34 heavy (non-hydrogen) atoms. The van der Waals surface area contributed by atoms with E-state index in [-0.39, 0.29) is 27.9 Å². The van der Waals surface area contributed by atoms with Gasteiger partial charge in [0, 0.05) is 25.0 Å². The first-order valence-corrected chi connectivity index (χ1v) is 12.1. The summed E-state index contributed by atoms with van der Waals surface area (Å²) in [4.78, 5) is 32.8. The number of carbonyl (C=O) groups excluding carboxylic acids is 2. The predicted octanol–water partition coefficient (Wildman–Crippen LogP) is 1.41. The van der Waals surface area contributed by atoms with Gasteiger partial charge in [0.2, 0.25) is 10.0 Å². The van der Waals surface area contributed by atoms with Crippen molar-refractivity contribution in [1.82, 2.24) is 23.9 Å². The second-order valence-electron chi connectivity index (χ2n) is 7.68. The molecular formula is C21H24N6O6S. The lowest BCUT2D eigenvalue weighted by Gasteiger charge is -2.26. The molecule has 3 aromatic rings. The van der Waals surface area contributed by atoms with E-state index in [0.717, 1.165) is 25.0 Å². The van der Waals surface area contributed by atoms with Crippen LogP contribution < -0.4 is 10.1 Å². The Labute approximate surface area is 195 Å². The Balaban J connectivity index is 1.44. The smallest absolute Gasteiger partial charge is 0.378 e. The Morgan fingerprint density at radius 2 is 1.91 bits per heavy atom. The molecule has 0 spiro atoms. The first-order chi connectivity index (χ1) is 16.3. The Hall–Kier alpha value is -3.58. The van der Waals surface area contributed by atoms with Gasteiger partial charge >= 0.3 is 5.97 Å². The van der Waals surface area contributed by atoms with Gasteiger partial charge in [-0.1, -0.05) is 6.42 Å². The summed E-state index contributed by atoms with van der Waals surface area (Å²) in [6, 6.07) is 5.94. The standard InChI is InChI=1S/C21H24N6O6S/c1-14-8-9-22-21-24-19(25-27(14)21)20(29)33-13-18(28)23-16-12-15(6-7-17(16)32-2)34(30,31)26-10-4-3-5-11-26/h6-9,12H,3-5,10-11,13H2,1-2H3,(H,23,28).